The van der Waals surface area contributed by atoms with Gasteiger partial charge in [-0.2, -0.15) is 0 Å². The molecule has 0 fully saturated rings. The zero-order valence-corrected chi connectivity index (χ0v) is 20.4. The summed E-state index contributed by atoms with van der Waals surface area (Å²) in [6.07, 6.45) is 3.62. The van der Waals surface area contributed by atoms with Crippen LogP contribution >= 0.6 is 7.14 Å². The van der Waals surface area contributed by atoms with E-state index in [9.17, 15) is 0 Å². The highest BCUT2D eigenvalue weighted by atomic mass is 31.2. The van der Waals surface area contributed by atoms with Crippen LogP contribution in [-0.2, 0) is 4.57 Å². The second kappa shape index (κ2) is 8.16. The Bertz CT molecular complexity index is 1900. The van der Waals surface area contributed by atoms with Gasteiger partial charge in [-0.1, -0.05) is 109 Å². The fraction of sp³-hybridized carbons (Fsp3) is 0. The average molecular weight is 480 g/mol. The highest BCUT2D eigenvalue weighted by Gasteiger charge is 2.32. The first-order valence-corrected chi connectivity index (χ1v) is 13.8. The predicted molar refractivity (Wildman–Crippen MR) is 153 cm³/mol. The standard InChI is InChI=1S/C33H22NOP/c35-36(28-12-5-2-6-13-28,29-20-27(21-34-22-29)23-8-3-1-4-9-23)31-19-17-26-15-14-24-10-7-11-25-16-18-30(31)33(26)32(24)25/h1-22H. The first-order valence-electron chi connectivity index (χ1n) is 12.1. The molecule has 6 aromatic carbocycles. The summed E-state index contributed by atoms with van der Waals surface area (Å²) < 4.78 is 15.5. The minimum Gasteiger partial charge on any atom is -0.309 e. The van der Waals surface area contributed by atoms with Gasteiger partial charge in [0.2, 0.25) is 0 Å². The number of benzene rings is 6. The molecule has 2 nitrogen and oxygen atoms in total. The Morgan fingerprint density at radius 3 is 1.89 bits per heavy atom. The molecule has 0 amide bonds. The minimum atomic E-state index is -3.24. The quantitative estimate of drug-likeness (QED) is 0.196. The van der Waals surface area contributed by atoms with Crippen LogP contribution in [0.2, 0.25) is 0 Å². The van der Waals surface area contributed by atoms with Crippen molar-refractivity contribution in [1.82, 2.24) is 4.98 Å². The number of pyridine rings is 1. The third kappa shape index (κ3) is 3.12. The lowest BCUT2D eigenvalue weighted by atomic mass is 9.94. The molecule has 170 valence electrons. The molecule has 0 bridgehead atoms. The van der Waals surface area contributed by atoms with E-state index in [1.165, 1.54) is 21.5 Å². The molecule has 1 atom stereocenters. The highest BCUT2D eigenvalue weighted by Crippen LogP contribution is 2.46. The molecule has 7 rings (SSSR count). The van der Waals surface area contributed by atoms with Gasteiger partial charge in [0.25, 0.3) is 0 Å². The van der Waals surface area contributed by atoms with E-state index in [0.717, 1.165) is 37.8 Å². The van der Waals surface area contributed by atoms with E-state index in [2.05, 4.69) is 71.7 Å². The molecular weight excluding hydrogens is 457 g/mol. The Hall–Kier alpha value is -4.26. The number of hydrogen-bond acceptors (Lipinski definition) is 2. The van der Waals surface area contributed by atoms with Crippen LogP contribution in [0.4, 0.5) is 0 Å². The van der Waals surface area contributed by atoms with Gasteiger partial charge in [-0.3, -0.25) is 4.98 Å². The van der Waals surface area contributed by atoms with Crippen molar-refractivity contribution in [2.75, 3.05) is 0 Å². The van der Waals surface area contributed by atoms with Crippen LogP contribution in [-0.4, -0.2) is 4.98 Å². The van der Waals surface area contributed by atoms with E-state index >= 15 is 4.57 Å². The largest absolute Gasteiger partial charge is 0.309 e. The number of rotatable bonds is 4. The van der Waals surface area contributed by atoms with Gasteiger partial charge in [0.15, 0.2) is 7.14 Å². The molecule has 0 radical (unpaired) electrons. The Morgan fingerprint density at radius 1 is 0.500 bits per heavy atom. The van der Waals surface area contributed by atoms with Gasteiger partial charge in [0.05, 0.1) is 0 Å². The topological polar surface area (TPSA) is 30.0 Å². The van der Waals surface area contributed by atoms with Crippen molar-refractivity contribution in [3.8, 4) is 11.1 Å². The predicted octanol–water partition coefficient (Wildman–Crippen LogP) is 7.29. The minimum absolute atomic E-state index is 0.741. The van der Waals surface area contributed by atoms with Crippen molar-refractivity contribution < 1.29 is 4.57 Å². The summed E-state index contributed by atoms with van der Waals surface area (Å²) in [4.78, 5) is 4.57. The second-order valence-electron chi connectivity index (χ2n) is 9.18. The Labute approximate surface area is 209 Å². The molecule has 7 aromatic rings. The van der Waals surface area contributed by atoms with Crippen molar-refractivity contribution >= 4 is 55.4 Å². The summed E-state index contributed by atoms with van der Waals surface area (Å²) >= 11 is 0. The number of aromatic nitrogens is 1. The van der Waals surface area contributed by atoms with Crippen LogP contribution in [0.3, 0.4) is 0 Å². The van der Waals surface area contributed by atoms with Crippen LogP contribution in [0, 0.1) is 0 Å². The molecule has 0 spiro atoms. The lowest BCUT2D eigenvalue weighted by molar-refractivity contribution is 0.592. The molecule has 1 aromatic heterocycles. The van der Waals surface area contributed by atoms with Crippen molar-refractivity contribution in [1.29, 1.82) is 0 Å². The first-order chi connectivity index (χ1) is 17.7. The van der Waals surface area contributed by atoms with E-state index in [-0.39, 0.29) is 0 Å². The Kier molecular flexibility index (Phi) is 4.77. The lowest BCUT2D eigenvalue weighted by Gasteiger charge is -2.23. The Balaban J connectivity index is 1.57. The molecule has 3 heteroatoms. The molecule has 36 heavy (non-hydrogen) atoms. The third-order valence-corrected chi connectivity index (χ3v) is 10.2. The zero-order chi connectivity index (χ0) is 24.1. The van der Waals surface area contributed by atoms with Gasteiger partial charge in [0.1, 0.15) is 0 Å². The van der Waals surface area contributed by atoms with E-state index in [4.69, 9.17) is 0 Å². The SMILES string of the molecule is O=P(c1ccccc1)(c1cncc(-c2ccccc2)c1)c1ccc2ccc3cccc4ccc1c2c34. The van der Waals surface area contributed by atoms with Crippen molar-refractivity contribution in [3.05, 3.63) is 134 Å². The van der Waals surface area contributed by atoms with Crippen molar-refractivity contribution in [2.24, 2.45) is 0 Å². The molecule has 0 aliphatic carbocycles. The number of nitrogens with zero attached hydrogens (tertiary/aromatic N) is 1. The molecule has 0 saturated heterocycles. The molecule has 1 heterocycles. The Morgan fingerprint density at radius 2 is 1.14 bits per heavy atom. The summed E-state index contributed by atoms with van der Waals surface area (Å²) in [5, 5.41) is 9.40. The summed E-state index contributed by atoms with van der Waals surface area (Å²) in [5.74, 6) is 0. The molecule has 0 aliphatic rings. The van der Waals surface area contributed by atoms with Crippen LogP contribution in [0.1, 0.15) is 0 Å². The smallest absolute Gasteiger partial charge is 0.173 e. The molecule has 0 N–H and O–H groups in total. The molecular formula is C33H22NOP. The maximum absolute atomic E-state index is 15.5. The van der Waals surface area contributed by atoms with E-state index in [1.807, 2.05) is 60.8 Å². The normalized spacial score (nSPS) is 13.3. The van der Waals surface area contributed by atoms with Gasteiger partial charge in [-0.15, -0.1) is 0 Å². The van der Waals surface area contributed by atoms with Gasteiger partial charge < -0.3 is 4.57 Å². The fourth-order valence-electron chi connectivity index (χ4n) is 5.45. The summed E-state index contributed by atoms with van der Waals surface area (Å²) in [5.41, 5.74) is 2.02. The van der Waals surface area contributed by atoms with E-state index < -0.39 is 7.14 Å². The van der Waals surface area contributed by atoms with Crippen LogP contribution in [0.25, 0.3) is 43.4 Å². The van der Waals surface area contributed by atoms with Crippen molar-refractivity contribution in [3.63, 3.8) is 0 Å². The van der Waals surface area contributed by atoms with Gasteiger partial charge >= 0.3 is 0 Å². The summed E-state index contributed by atoms with van der Waals surface area (Å²) in [6, 6.07) is 41.3. The average Bonchev–Trinajstić information content (AvgIpc) is 2.96. The maximum Gasteiger partial charge on any atom is 0.173 e. The van der Waals surface area contributed by atoms with Gasteiger partial charge in [0, 0.05) is 33.9 Å². The van der Waals surface area contributed by atoms with Crippen molar-refractivity contribution in [2.45, 2.75) is 0 Å². The summed E-state index contributed by atoms with van der Waals surface area (Å²) in [7, 11) is -3.24. The van der Waals surface area contributed by atoms with Crippen LogP contribution in [0.15, 0.2) is 134 Å². The zero-order valence-electron chi connectivity index (χ0n) is 19.5. The molecule has 1 unspecified atom stereocenters. The lowest BCUT2D eigenvalue weighted by Crippen LogP contribution is -2.26. The van der Waals surface area contributed by atoms with E-state index in [1.54, 1.807) is 6.20 Å². The van der Waals surface area contributed by atoms with Gasteiger partial charge in [-0.25, -0.2) is 0 Å². The molecule has 0 aliphatic heterocycles. The second-order valence-corrected chi connectivity index (χ2v) is 11.9. The third-order valence-electron chi connectivity index (χ3n) is 7.16. The first kappa shape index (κ1) is 21.1. The number of hydrogen-bond donors (Lipinski definition) is 0. The fourth-order valence-corrected chi connectivity index (χ4v) is 8.25. The van der Waals surface area contributed by atoms with Crippen LogP contribution in [0.5, 0.6) is 0 Å². The van der Waals surface area contributed by atoms with Crippen LogP contribution < -0.4 is 15.9 Å². The van der Waals surface area contributed by atoms with Gasteiger partial charge in [-0.05, 0) is 50.0 Å². The highest BCUT2D eigenvalue weighted by molar-refractivity contribution is 7.85. The maximum atomic E-state index is 15.5. The molecule has 0 saturated carbocycles. The summed E-state index contributed by atoms with van der Waals surface area (Å²) in [6.45, 7) is 0. The van der Waals surface area contributed by atoms with E-state index in [0.29, 0.717) is 0 Å². The monoisotopic (exact) mass is 479 g/mol.